The minimum Gasteiger partial charge on any atom is -0.458 e. The SMILES string of the molecule is [2H]c1c([2H])c([2H])c(-c2cccc(-c3c([2H])c([2H])c([2H])c([2H])c3[2H])c2-[n+]2[c-]n(-c3cccc(Oc4ccc5c6cc(C(C)(C)C)ccc6n(-c6cc(C([2H])(C)C)c(-c7ccccc7)cn6)c5c4)c3)c3ccccc32)c([2H])c1[2H]. The molecule has 0 saturated heterocycles. The smallest absolute Gasteiger partial charge is 0.269 e. The average Bonchev–Trinajstić information content (AvgIpc) is 4.12. The summed E-state index contributed by atoms with van der Waals surface area (Å²) < 4.78 is 109. The molecular weight excluding hydrogens is 805 g/mol. The van der Waals surface area contributed by atoms with E-state index in [-0.39, 0.29) is 33.4 Å². The molecule has 11 aromatic rings. The fraction of sp³-hybridized carbons (Fsp3) is 0.115. The zero-order valence-corrected chi connectivity index (χ0v) is 37.1. The van der Waals surface area contributed by atoms with Crippen LogP contribution in [0.3, 0.4) is 0 Å². The highest BCUT2D eigenvalue weighted by Gasteiger charge is 2.22. The zero-order valence-electron chi connectivity index (χ0n) is 48.1. The highest BCUT2D eigenvalue weighted by Crippen LogP contribution is 2.40. The molecule has 3 aromatic heterocycles. The molecule has 0 unspecified atom stereocenters. The minimum atomic E-state index is -0.956. The van der Waals surface area contributed by atoms with E-state index < -0.39 is 66.3 Å². The molecule has 0 bridgehead atoms. The molecule has 0 fully saturated rings. The number of para-hydroxylation sites is 3. The predicted molar refractivity (Wildman–Crippen MR) is 271 cm³/mol. The van der Waals surface area contributed by atoms with E-state index in [1.807, 2.05) is 117 Å². The van der Waals surface area contributed by atoms with Gasteiger partial charge in [-0.2, -0.15) is 0 Å². The molecule has 0 aliphatic carbocycles. The fourth-order valence-electron chi connectivity index (χ4n) is 8.80. The average molecular weight is 866 g/mol. The Labute approximate surface area is 401 Å². The van der Waals surface area contributed by atoms with Gasteiger partial charge in [0.2, 0.25) is 0 Å². The van der Waals surface area contributed by atoms with Crippen molar-refractivity contribution in [3.05, 3.63) is 224 Å². The first-order valence-electron chi connectivity index (χ1n) is 27.3. The van der Waals surface area contributed by atoms with Gasteiger partial charge in [0.05, 0.1) is 47.1 Å². The number of nitrogens with zero attached hydrogens (tertiary/aromatic N) is 4. The first-order chi connectivity index (χ1) is 36.6. The van der Waals surface area contributed by atoms with Gasteiger partial charge in [0.15, 0.2) is 0 Å². The first kappa shape index (κ1) is 30.2. The van der Waals surface area contributed by atoms with Gasteiger partial charge < -0.3 is 4.74 Å². The van der Waals surface area contributed by atoms with Crippen LogP contribution in [-0.4, -0.2) is 14.1 Å². The van der Waals surface area contributed by atoms with E-state index in [1.54, 1.807) is 27.3 Å². The highest BCUT2D eigenvalue weighted by molar-refractivity contribution is 6.10. The van der Waals surface area contributed by atoms with Crippen LogP contribution in [-0.2, 0) is 5.41 Å². The van der Waals surface area contributed by atoms with Crippen molar-refractivity contribution in [2.24, 2.45) is 0 Å². The summed E-state index contributed by atoms with van der Waals surface area (Å²) in [7, 11) is 0. The van der Waals surface area contributed by atoms with Crippen LogP contribution in [0, 0.1) is 6.33 Å². The lowest BCUT2D eigenvalue weighted by Crippen LogP contribution is -2.31. The van der Waals surface area contributed by atoms with E-state index in [9.17, 15) is 1.37 Å². The van der Waals surface area contributed by atoms with Gasteiger partial charge in [-0.15, -0.1) is 0 Å². The lowest BCUT2D eigenvalue weighted by atomic mass is 9.86. The van der Waals surface area contributed by atoms with Crippen LogP contribution in [0.5, 0.6) is 11.5 Å². The van der Waals surface area contributed by atoms with Gasteiger partial charge in [-0.1, -0.05) is 180 Å². The fourth-order valence-corrected chi connectivity index (χ4v) is 8.80. The highest BCUT2D eigenvalue weighted by atomic mass is 16.5. The summed E-state index contributed by atoms with van der Waals surface area (Å²) in [6, 6.07) is 38.8. The topological polar surface area (TPSA) is 35.9 Å². The molecule has 320 valence electrons. The molecule has 3 heterocycles. The standard InChI is InChI=1S/C61H50N4O/c1-41(2)52-38-59(62-39-54(52)44-23-13-8-14-24-44)65-55-34-31-45(61(3,4)5)35-53(55)51-33-32-48(37-58(51)65)66-47-26-17-25-46(36-47)63-40-64(57-30-16-15-29-56(57)63)60-49(42-19-9-6-10-20-42)27-18-28-50(60)43-21-11-7-12-22-43/h6-39,41H,1-5H3/i6D,7D,9D,10D,11D,12D,19D,20D,21D,22D,41D. The maximum Gasteiger partial charge on any atom is 0.269 e. The van der Waals surface area contributed by atoms with Gasteiger partial charge in [-0.3, -0.25) is 13.7 Å². The normalized spacial score (nSPS) is 14.3. The molecule has 5 nitrogen and oxygen atoms in total. The Bertz CT molecular complexity index is 4090. The summed E-state index contributed by atoms with van der Waals surface area (Å²) in [6.07, 6.45) is 5.31. The second-order valence-electron chi connectivity index (χ2n) is 17.5. The molecule has 0 atom stereocenters. The van der Waals surface area contributed by atoms with E-state index in [2.05, 4.69) is 55.9 Å². The van der Waals surface area contributed by atoms with Gasteiger partial charge in [0.25, 0.3) is 6.33 Å². The molecule has 0 aliphatic heterocycles. The van der Waals surface area contributed by atoms with Gasteiger partial charge in [0.1, 0.15) is 17.3 Å². The van der Waals surface area contributed by atoms with Crippen molar-refractivity contribution in [2.75, 3.05) is 0 Å². The zero-order chi connectivity index (χ0) is 54.6. The number of pyridine rings is 1. The molecule has 0 radical (unpaired) electrons. The molecule has 8 aromatic carbocycles. The molecule has 66 heavy (non-hydrogen) atoms. The Kier molecular flexibility index (Phi) is 7.55. The van der Waals surface area contributed by atoms with Crippen molar-refractivity contribution in [3.8, 4) is 62.1 Å². The first-order valence-corrected chi connectivity index (χ1v) is 21.8. The summed E-state index contributed by atoms with van der Waals surface area (Å²) in [5, 5.41) is 2.05. The van der Waals surface area contributed by atoms with Crippen LogP contribution in [0.15, 0.2) is 206 Å². The second kappa shape index (κ2) is 16.5. The van der Waals surface area contributed by atoms with E-state index in [0.717, 1.165) is 38.5 Å². The monoisotopic (exact) mass is 865 g/mol. The molecule has 0 N–H and O–H groups in total. The summed E-state index contributed by atoms with van der Waals surface area (Å²) >= 11 is 0. The van der Waals surface area contributed by atoms with Gasteiger partial charge in [0, 0.05) is 30.0 Å². The number of fused-ring (bicyclic) bond motifs is 4. The minimum absolute atomic E-state index is 0.114. The van der Waals surface area contributed by atoms with Crippen molar-refractivity contribution in [1.82, 2.24) is 14.1 Å². The number of hydrogen-bond donors (Lipinski definition) is 0. The number of imidazole rings is 1. The molecule has 11 rings (SSSR count). The van der Waals surface area contributed by atoms with Crippen LogP contribution in [0.2, 0.25) is 0 Å². The molecule has 5 heteroatoms. The number of aromatic nitrogens is 4. The van der Waals surface area contributed by atoms with E-state index in [1.165, 1.54) is 5.56 Å². The summed E-state index contributed by atoms with van der Waals surface area (Å²) in [4.78, 5) is 5.08. The second-order valence-corrected chi connectivity index (χ2v) is 17.5. The summed E-state index contributed by atoms with van der Waals surface area (Å²) in [5.41, 5.74) is 7.56. The van der Waals surface area contributed by atoms with Gasteiger partial charge in [-0.05, 0) is 98.8 Å². The van der Waals surface area contributed by atoms with Crippen LogP contribution in [0.25, 0.3) is 83.4 Å². The maximum absolute atomic E-state index is 9.27. The number of rotatable bonds is 9. The van der Waals surface area contributed by atoms with E-state index in [4.69, 9.17) is 23.4 Å². The quantitative estimate of drug-likeness (QED) is 0.107. The lowest BCUT2D eigenvalue weighted by molar-refractivity contribution is -0.571. The molecule has 0 saturated carbocycles. The Hall–Kier alpha value is -8.02. The Morgan fingerprint density at radius 2 is 1.29 bits per heavy atom. The third-order valence-electron chi connectivity index (χ3n) is 12.0. The summed E-state index contributed by atoms with van der Waals surface area (Å²) in [6.45, 7) is 10.4. The number of benzene rings is 8. The van der Waals surface area contributed by atoms with E-state index >= 15 is 0 Å². The van der Waals surface area contributed by atoms with Crippen LogP contribution < -0.4 is 9.30 Å². The number of hydrogen-bond acceptors (Lipinski definition) is 2. The van der Waals surface area contributed by atoms with Gasteiger partial charge >= 0.3 is 0 Å². The Balaban J connectivity index is 1.07. The van der Waals surface area contributed by atoms with Gasteiger partial charge in [-0.25, -0.2) is 4.98 Å². The largest absolute Gasteiger partial charge is 0.458 e. The molecular formula is C61H50N4O. The third-order valence-corrected chi connectivity index (χ3v) is 12.0. The van der Waals surface area contributed by atoms with Crippen molar-refractivity contribution < 1.29 is 24.4 Å². The van der Waals surface area contributed by atoms with Crippen LogP contribution >= 0.6 is 0 Å². The third kappa shape index (κ3) is 7.33. The lowest BCUT2D eigenvalue weighted by Gasteiger charge is -2.19. The molecule has 0 spiro atoms. The molecule has 0 amide bonds. The van der Waals surface area contributed by atoms with E-state index in [0.29, 0.717) is 34.0 Å². The van der Waals surface area contributed by atoms with Crippen LogP contribution in [0.4, 0.5) is 0 Å². The molecule has 0 aliphatic rings. The maximum atomic E-state index is 9.27. The number of ether oxygens (including phenoxy) is 1. The van der Waals surface area contributed by atoms with Crippen molar-refractivity contribution >= 4 is 32.8 Å². The summed E-state index contributed by atoms with van der Waals surface area (Å²) in [5.74, 6) is 0.737. The Morgan fingerprint density at radius 3 is 2.00 bits per heavy atom. The van der Waals surface area contributed by atoms with Crippen LogP contribution in [0.1, 0.15) is 66.7 Å². The van der Waals surface area contributed by atoms with Crippen molar-refractivity contribution in [3.63, 3.8) is 0 Å². The van der Waals surface area contributed by atoms with Crippen molar-refractivity contribution in [1.29, 1.82) is 0 Å². The Morgan fingerprint density at radius 1 is 0.606 bits per heavy atom. The van der Waals surface area contributed by atoms with Crippen molar-refractivity contribution in [2.45, 2.75) is 45.9 Å². The predicted octanol–water partition coefficient (Wildman–Crippen LogP) is 15.4.